The van der Waals surface area contributed by atoms with Gasteiger partial charge in [0.25, 0.3) is 0 Å². The lowest BCUT2D eigenvalue weighted by atomic mass is 10.1. The van der Waals surface area contributed by atoms with E-state index in [-0.39, 0.29) is 0 Å². The molecule has 0 radical (unpaired) electrons. The first kappa shape index (κ1) is 12.8. The van der Waals surface area contributed by atoms with Gasteiger partial charge in [-0.15, -0.1) is 0 Å². The van der Waals surface area contributed by atoms with Crippen LogP contribution >= 0.6 is 0 Å². The molecule has 0 saturated carbocycles. The standard InChI is InChI=1S/C15H17NOS/c1-11-6-7-12(2)13(8-11)10-18(17)15-5-3-4-14(16)9-15/h3-9H,10,16H2,1-2H3. The molecule has 0 aliphatic carbocycles. The molecular weight excluding hydrogens is 242 g/mol. The first-order valence-corrected chi connectivity index (χ1v) is 7.18. The second kappa shape index (κ2) is 5.36. The third kappa shape index (κ3) is 2.99. The maximum Gasteiger partial charge on any atom is 0.0575 e. The molecule has 0 bridgehead atoms. The van der Waals surface area contributed by atoms with Crippen molar-refractivity contribution in [2.75, 3.05) is 5.73 Å². The van der Waals surface area contributed by atoms with Crippen molar-refractivity contribution in [1.29, 1.82) is 0 Å². The predicted molar refractivity (Wildman–Crippen MR) is 76.9 cm³/mol. The van der Waals surface area contributed by atoms with E-state index < -0.39 is 10.8 Å². The van der Waals surface area contributed by atoms with Gasteiger partial charge in [0.15, 0.2) is 0 Å². The molecule has 0 aliphatic rings. The molecule has 0 aliphatic heterocycles. The Kier molecular flexibility index (Phi) is 3.82. The van der Waals surface area contributed by atoms with Gasteiger partial charge >= 0.3 is 0 Å². The van der Waals surface area contributed by atoms with Gasteiger partial charge in [-0.05, 0) is 43.2 Å². The molecule has 1 unspecified atom stereocenters. The largest absolute Gasteiger partial charge is 0.399 e. The average Bonchev–Trinajstić information content (AvgIpc) is 2.34. The summed E-state index contributed by atoms with van der Waals surface area (Å²) < 4.78 is 12.3. The number of nitrogen functional groups attached to an aromatic ring is 1. The molecule has 2 N–H and O–H groups in total. The van der Waals surface area contributed by atoms with Crippen molar-refractivity contribution in [3.63, 3.8) is 0 Å². The van der Waals surface area contributed by atoms with Crippen LogP contribution in [0, 0.1) is 13.8 Å². The van der Waals surface area contributed by atoms with Crippen LogP contribution in [0.4, 0.5) is 5.69 Å². The fraction of sp³-hybridized carbons (Fsp3) is 0.200. The summed E-state index contributed by atoms with van der Waals surface area (Å²) in [6, 6.07) is 13.5. The highest BCUT2D eigenvalue weighted by molar-refractivity contribution is 7.84. The van der Waals surface area contributed by atoms with Crippen molar-refractivity contribution in [2.45, 2.75) is 24.5 Å². The molecule has 0 fully saturated rings. The number of nitrogens with two attached hydrogens (primary N) is 1. The quantitative estimate of drug-likeness (QED) is 0.860. The third-order valence-corrected chi connectivity index (χ3v) is 4.27. The van der Waals surface area contributed by atoms with Gasteiger partial charge < -0.3 is 5.73 Å². The molecule has 1 atom stereocenters. The van der Waals surface area contributed by atoms with E-state index in [2.05, 4.69) is 18.2 Å². The predicted octanol–water partition coefficient (Wildman–Crippen LogP) is 3.19. The van der Waals surface area contributed by atoms with Gasteiger partial charge in [-0.2, -0.15) is 0 Å². The van der Waals surface area contributed by atoms with E-state index in [1.54, 1.807) is 12.1 Å². The van der Waals surface area contributed by atoms with E-state index in [9.17, 15) is 4.21 Å². The summed E-state index contributed by atoms with van der Waals surface area (Å²) in [5, 5.41) is 0. The van der Waals surface area contributed by atoms with Gasteiger partial charge in [0, 0.05) is 10.6 Å². The van der Waals surface area contributed by atoms with Gasteiger partial charge in [0.05, 0.1) is 16.6 Å². The van der Waals surface area contributed by atoms with Crippen LogP contribution in [0.15, 0.2) is 47.4 Å². The Morgan fingerprint density at radius 1 is 1.11 bits per heavy atom. The van der Waals surface area contributed by atoms with Crippen LogP contribution in [-0.4, -0.2) is 4.21 Å². The lowest BCUT2D eigenvalue weighted by Crippen LogP contribution is -1.99. The molecule has 2 rings (SSSR count). The molecular formula is C15H17NOS. The number of rotatable bonds is 3. The summed E-state index contributed by atoms with van der Waals surface area (Å²) in [6.45, 7) is 4.09. The van der Waals surface area contributed by atoms with Crippen LogP contribution in [0.5, 0.6) is 0 Å². The Morgan fingerprint density at radius 2 is 1.89 bits per heavy atom. The van der Waals surface area contributed by atoms with Gasteiger partial charge in [0.1, 0.15) is 0 Å². The molecule has 2 aromatic carbocycles. The summed E-state index contributed by atoms with van der Waals surface area (Å²) in [5.41, 5.74) is 9.87. The molecule has 3 heteroatoms. The topological polar surface area (TPSA) is 43.1 Å². The van der Waals surface area contributed by atoms with Crippen molar-refractivity contribution in [3.8, 4) is 0 Å². The molecule has 2 aromatic rings. The van der Waals surface area contributed by atoms with Gasteiger partial charge in [0.2, 0.25) is 0 Å². The minimum absolute atomic E-state index is 0.539. The molecule has 0 spiro atoms. The number of hydrogen-bond acceptors (Lipinski definition) is 2. The fourth-order valence-electron chi connectivity index (χ4n) is 1.84. The fourth-order valence-corrected chi connectivity index (χ4v) is 3.09. The zero-order valence-electron chi connectivity index (χ0n) is 10.6. The van der Waals surface area contributed by atoms with Crippen molar-refractivity contribution in [1.82, 2.24) is 0 Å². The van der Waals surface area contributed by atoms with Crippen LogP contribution < -0.4 is 5.73 Å². The number of benzene rings is 2. The zero-order chi connectivity index (χ0) is 13.1. The van der Waals surface area contributed by atoms with E-state index in [1.165, 1.54) is 11.1 Å². The molecule has 0 saturated heterocycles. The van der Waals surface area contributed by atoms with E-state index >= 15 is 0 Å². The number of hydrogen-bond donors (Lipinski definition) is 1. The van der Waals surface area contributed by atoms with Gasteiger partial charge in [-0.3, -0.25) is 4.21 Å². The summed E-state index contributed by atoms with van der Waals surface area (Å²) in [4.78, 5) is 0.788. The van der Waals surface area contributed by atoms with E-state index in [1.807, 2.05) is 26.0 Å². The minimum Gasteiger partial charge on any atom is -0.399 e. The second-order valence-corrected chi connectivity index (χ2v) is 5.94. The highest BCUT2D eigenvalue weighted by Crippen LogP contribution is 2.18. The van der Waals surface area contributed by atoms with Crippen LogP contribution in [0.2, 0.25) is 0 Å². The van der Waals surface area contributed by atoms with Crippen LogP contribution in [0.1, 0.15) is 16.7 Å². The molecule has 0 amide bonds. The van der Waals surface area contributed by atoms with Crippen molar-refractivity contribution in [3.05, 3.63) is 59.2 Å². The summed E-state index contributed by atoms with van der Waals surface area (Å²) >= 11 is 0. The molecule has 94 valence electrons. The Bertz CT molecular complexity index is 593. The van der Waals surface area contributed by atoms with Crippen molar-refractivity contribution < 1.29 is 4.21 Å². The highest BCUT2D eigenvalue weighted by Gasteiger charge is 2.07. The number of anilines is 1. The van der Waals surface area contributed by atoms with Crippen LogP contribution in [0.3, 0.4) is 0 Å². The van der Waals surface area contributed by atoms with Gasteiger partial charge in [-0.25, -0.2) is 0 Å². The number of aryl methyl sites for hydroxylation is 2. The third-order valence-electron chi connectivity index (χ3n) is 2.91. The summed E-state index contributed by atoms with van der Waals surface area (Å²) in [7, 11) is -1.04. The summed E-state index contributed by atoms with van der Waals surface area (Å²) in [6.07, 6.45) is 0. The Labute approximate surface area is 110 Å². The minimum atomic E-state index is -1.04. The lowest BCUT2D eigenvalue weighted by Gasteiger charge is -2.07. The van der Waals surface area contributed by atoms with Crippen molar-refractivity contribution >= 4 is 16.5 Å². The van der Waals surface area contributed by atoms with E-state index in [0.29, 0.717) is 11.4 Å². The molecule has 0 heterocycles. The Morgan fingerprint density at radius 3 is 2.61 bits per heavy atom. The SMILES string of the molecule is Cc1ccc(C)c(CS(=O)c2cccc(N)c2)c1. The monoisotopic (exact) mass is 259 g/mol. The molecule has 2 nitrogen and oxygen atoms in total. The maximum atomic E-state index is 12.3. The first-order chi connectivity index (χ1) is 8.56. The van der Waals surface area contributed by atoms with E-state index in [4.69, 9.17) is 5.73 Å². The zero-order valence-corrected chi connectivity index (χ0v) is 11.5. The van der Waals surface area contributed by atoms with Crippen LogP contribution in [-0.2, 0) is 16.6 Å². The average molecular weight is 259 g/mol. The van der Waals surface area contributed by atoms with E-state index in [0.717, 1.165) is 10.5 Å². The maximum absolute atomic E-state index is 12.3. The lowest BCUT2D eigenvalue weighted by molar-refractivity contribution is 0.682. The first-order valence-electron chi connectivity index (χ1n) is 5.86. The Balaban J connectivity index is 2.24. The normalized spacial score (nSPS) is 12.3. The molecule has 18 heavy (non-hydrogen) atoms. The Hall–Kier alpha value is -1.61. The second-order valence-electron chi connectivity index (χ2n) is 4.49. The van der Waals surface area contributed by atoms with Gasteiger partial charge in [-0.1, -0.05) is 29.8 Å². The van der Waals surface area contributed by atoms with Crippen LogP contribution in [0.25, 0.3) is 0 Å². The van der Waals surface area contributed by atoms with Crippen molar-refractivity contribution in [2.24, 2.45) is 0 Å². The smallest absolute Gasteiger partial charge is 0.0575 e. The summed E-state index contributed by atoms with van der Waals surface area (Å²) in [5.74, 6) is 0.539. The highest BCUT2D eigenvalue weighted by atomic mass is 32.2. The molecule has 0 aromatic heterocycles.